The number of aromatic nitrogens is 2. The Morgan fingerprint density at radius 2 is 2.20 bits per heavy atom. The minimum absolute atomic E-state index is 0.376. The van der Waals surface area contributed by atoms with Crippen LogP contribution in [0.25, 0.3) is 0 Å². The van der Waals surface area contributed by atoms with Crippen molar-refractivity contribution < 1.29 is 13.9 Å². The predicted molar refractivity (Wildman–Crippen MR) is 72.8 cm³/mol. The van der Waals surface area contributed by atoms with Gasteiger partial charge in [-0.25, -0.2) is 9.18 Å². The summed E-state index contributed by atoms with van der Waals surface area (Å²) in [5.41, 5.74) is 2.67. The molecule has 0 fully saturated rings. The van der Waals surface area contributed by atoms with Crippen molar-refractivity contribution in [1.29, 1.82) is 0 Å². The van der Waals surface area contributed by atoms with Gasteiger partial charge in [-0.15, -0.1) is 0 Å². The van der Waals surface area contributed by atoms with Crippen molar-refractivity contribution in [2.45, 2.75) is 19.9 Å². The number of benzene rings is 1. The van der Waals surface area contributed by atoms with Gasteiger partial charge < -0.3 is 10.1 Å². The van der Waals surface area contributed by atoms with Crippen LogP contribution in [0.4, 0.5) is 10.1 Å². The summed E-state index contributed by atoms with van der Waals surface area (Å²) in [6.45, 7) is 3.61. The monoisotopic (exact) mass is 277 g/mol. The number of hydrogen-bond acceptors (Lipinski definition) is 4. The Balaban J connectivity index is 2.37. The zero-order valence-electron chi connectivity index (χ0n) is 11.5. The van der Waals surface area contributed by atoms with Gasteiger partial charge in [0, 0.05) is 16.9 Å². The SMILES string of the molecule is COC(=O)C(Nc1cccc(F)c1)c1c(C)n[nH]c1C. The van der Waals surface area contributed by atoms with Crippen molar-refractivity contribution in [2.75, 3.05) is 12.4 Å². The van der Waals surface area contributed by atoms with Gasteiger partial charge in [-0.2, -0.15) is 5.10 Å². The second-order valence-electron chi connectivity index (χ2n) is 4.46. The van der Waals surface area contributed by atoms with E-state index in [1.54, 1.807) is 19.1 Å². The van der Waals surface area contributed by atoms with Crippen LogP contribution in [-0.4, -0.2) is 23.3 Å². The number of ether oxygens (including phenoxy) is 1. The molecule has 2 aromatic rings. The van der Waals surface area contributed by atoms with Gasteiger partial charge in [0.05, 0.1) is 12.8 Å². The third-order valence-corrected chi connectivity index (χ3v) is 3.05. The predicted octanol–water partition coefficient (Wildman–Crippen LogP) is 2.49. The van der Waals surface area contributed by atoms with E-state index in [0.717, 1.165) is 5.69 Å². The van der Waals surface area contributed by atoms with E-state index >= 15 is 0 Å². The van der Waals surface area contributed by atoms with Gasteiger partial charge >= 0.3 is 5.97 Å². The molecule has 20 heavy (non-hydrogen) atoms. The molecule has 5 nitrogen and oxygen atoms in total. The Kier molecular flexibility index (Phi) is 4.02. The normalized spacial score (nSPS) is 12.0. The van der Waals surface area contributed by atoms with Crippen LogP contribution in [0.15, 0.2) is 24.3 Å². The minimum atomic E-state index is -0.736. The molecule has 0 aliphatic carbocycles. The molecule has 0 saturated carbocycles. The van der Waals surface area contributed by atoms with Gasteiger partial charge in [0.2, 0.25) is 0 Å². The summed E-state index contributed by atoms with van der Waals surface area (Å²) >= 11 is 0. The number of anilines is 1. The van der Waals surface area contributed by atoms with Crippen molar-refractivity contribution in [3.05, 3.63) is 47.0 Å². The Hall–Kier alpha value is -2.37. The summed E-state index contributed by atoms with van der Waals surface area (Å²) in [6, 6.07) is 5.18. The molecule has 1 aromatic carbocycles. The maximum atomic E-state index is 13.2. The molecule has 2 rings (SSSR count). The summed E-state index contributed by atoms with van der Waals surface area (Å²) < 4.78 is 18.0. The van der Waals surface area contributed by atoms with Crippen molar-refractivity contribution in [1.82, 2.24) is 10.2 Å². The summed E-state index contributed by atoms with van der Waals surface area (Å²) in [5.74, 6) is -0.832. The fraction of sp³-hybridized carbons (Fsp3) is 0.286. The number of carbonyl (C=O) groups excluding carboxylic acids is 1. The number of halogens is 1. The molecule has 1 atom stereocenters. The van der Waals surface area contributed by atoms with Crippen molar-refractivity contribution >= 4 is 11.7 Å². The van der Waals surface area contributed by atoms with Crippen LogP contribution in [0.3, 0.4) is 0 Å². The fourth-order valence-electron chi connectivity index (χ4n) is 2.10. The molecule has 1 aromatic heterocycles. The molecule has 6 heteroatoms. The quantitative estimate of drug-likeness (QED) is 0.843. The highest BCUT2D eigenvalue weighted by Crippen LogP contribution is 2.25. The van der Waals surface area contributed by atoms with Crippen LogP contribution in [0.5, 0.6) is 0 Å². The number of aryl methyl sites for hydroxylation is 2. The Morgan fingerprint density at radius 3 is 2.75 bits per heavy atom. The number of carbonyl (C=O) groups is 1. The summed E-state index contributed by atoms with van der Waals surface area (Å²) in [6.07, 6.45) is 0. The first-order valence-electron chi connectivity index (χ1n) is 6.14. The lowest BCUT2D eigenvalue weighted by Crippen LogP contribution is -2.23. The number of esters is 1. The first kappa shape index (κ1) is 14.0. The molecule has 1 heterocycles. The van der Waals surface area contributed by atoms with Gasteiger partial charge in [-0.3, -0.25) is 5.10 Å². The lowest BCUT2D eigenvalue weighted by Gasteiger charge is -2.18. The molecule has 106 valence electrons. The molecule has 0 saturated heterocycles. The van der Waals surface area contributed by atoms with Crippen molar-refractivity contribution in [3.63, 3.8) is 0 Å². The number of rotatable bonds is 4. The summed E-state index contributed by atoms with van der Waals surface area (Å²) in [4.78, 5) is 12.0. The topological polar surface area (TPSA) is 67.0 Å². The van der Waals surface area contributed by atoms with Crippen molar-refractivity contribution in [2.24, 2.45) is 0 Å². The second kappa shape index (κ2) is 5.73. The fourth-order valence-corrected chi connectivity index (χ4v) is 2.10. The zero-order chi connectivity index (χ0) is 14.7. The zero-order valence-corrected chi connectivity index (χ0v) is 11.5. The number of hydrogen-bond donors (Lipinski definition) is 2. The second-order valence-corrected chi connectivity index (χ2v) is 4.46. The first-order valence-corrected chi connectivity index (χ1v) is 6.14. The van der Waals surface area contributed by atoms with Gasteiger partial charge in [-0.05, 0) is 32.0 Å². The van der Waals surface area contributed by atoms with E-state index in [2.05, 4.69) is 15.5 Å². The smallest absolute Gasteiger partial charge is 0.333 e. The molecular weight excluding hydrogens is 261 g/mol. The highest BCUT2D eigenvalue weighted by atomic mass is 19.1. The molecule has 0 aliphatic rings. The average Bonchev–Trinajstić information content (AvgIpc) is 2.75. The van der Waals surface area contributed by atoms with Gasteiger partial charge in [-0.1, -0.05) is 6.07 Å². The molecule has 2 N–H and O–H groups in total. The lowest BCUT2D eigenvalue weighted by molar-refractivity contribution is -0.141. The minimum Gasteiger partial charge on any atom is -0.467 e. The van der Waals surface area contributed by atoms with Gasteiger partial charge in [0.25, 0.3) is 0 Å². The van der Waals surface area contributed by atoms with Crippen LogP contribution in [0.2, 0.25) is 0 Å². The van der Waals surface area contributed by atoms with Crippen LogP contribution < -0.4 is 5.32 Å². The maximum Gasteiger partial charge on any atom is 0.333 e. The Bertz CT molecular complexity index is 605. The largest absolute Gasteiger partial charge is 0.467 e. The molecule has 1 unspecified atom stereocenters. The van der Waals surface area contributed by atoms with E-state index in [1.165, 1.54) is 19.2 Å². The molecule has 0 aliphatic heterocycles. The molecule has 0 radical (unpaired) electrons. The van der Waals surface area contributed by atoms with E-state index in [0.29, 0.717) is 16.9 Å². The van der Waals surface area contributed by atoms with Crippen LogP contribution >= 0.6 is 0 Å². The highest BCUT2D eigenvalue weighted by molar-refractivity contribution is 5.81. The number of H-pyrrole nitrogens is 1. The van der Waals surface area contributed by atoms with Crippen molar-refractivity contribution in [3.8, 4) is 0 Å². The van der Waals surface area contributed by atoms with Crippen LogP contribution in [0.1, 0.15) is 23.0 Å². The number of methoxy groups -OCH3 is 1. The van der Waals surface area contributed by atoms with Crippen LogP contribution in [0, 0.1) is 19.7 Å². The first-order chi connectivity index (χ1) is 9.52. The lowest BCUT2D eigenvalue weighted by atomic mass is 10.0. The summed E-state index contributed by atoms with van der Waals surface area (Å²) in [5, 5.41) is 9.87. The van der Waals surface area contributed by atoms with E-state index in [9.17, 15) is 9.18 Å². The number of nitrogens with zero attached hydrogens (tertiary/aromatic N) is 1. The Labute approximate surface area is 116 Å². The Morgan fingerprint density at radius 1 is 1.45 bits per heavy atom. The standard InChI is InChI=1S/C14H16FN3O2/c1-8-12(9(2)18-17-8)13(14(19)20-3)16-11-6-4-5-10(15)7-11/h4-7,13,16H,1-3H3,(H,17,18). The average molecular weight is 277 g/mol. The molecule has 0 bridgehead atoms. The molecular formula is C14H16FN3O2. The number of nitrogens with one attached hydrogen (secondary N) is 2. The van der Waals surface area contributed by atoms with E-state index in [4.69, 9.17) is 4.74 Å². The van der Waals surface area contributed by atoms with Crippen LogP contribution in [-0.2, 0) is 9.53 Å². The van der Waals surface area contributed by atoms with E-state index in [-0.39, 0.29) is 5.82 Å². The van der Waals surface area contributed by atoms with Gasteiger partial charge in [0.1, 0.15) is 5.82 Å². The molecule has 0 amide bonds. The maximum absolute atomic E-state index is 13.2. The summed E-state index contributed by atoms with van der Waals surface area (Å²) in [7, 11) is 1.31. The third kappa shape index (κ3) is 2.79. The highest BCUT2D eigenvalue weighted by Gasteiger charge is 2.26. The third-order valence-electron chi connectivity index (χ3n) is 3.05. The number of aromatic amines is 1. The van der Waals surface area contributed by atoms with Gasteiger partial charge in [0.15, 0.2) is 6.04 Å². The van der Waals surface area contributed by atoms with E-state index in [1.807, 2.05) is 6.92 Å². The van der Waals surface area contributed by atoms with E-state index < -0.39 is 12.0 Å². The molecule has 0 spiro atoms.